The van der Waals surface area contributed by atoms with Crippen LogP contribution in [-0.2, 0) is 4.74 Å². The predicted molar refractivity (Wildman–Crippen MR) is 82.5 cm³/mol. The van der Waals surface area contributed by atoms with Crippen LogP contribution in [0.2, 0.25) is 0 Å². The van der Waals surface area contributed by atoms with Gasteiger partial charge in [0.1, 0.15) is 11.7 Å². The van der Waals surface area contributed by atoms with Gasteiger partial charge in [-0.2, -0.15) is 0 Å². The summed E-state index contributed by atoms with van der Waals surface area (Å²) in [6.45, 7) is 5.37. The number of hydrogen-bond donors (Lipinski definition) is 2. The van der Waals surface area contributed by atoms with Crippen molar-refractivity contribution in [1.29, 1.82) is 0 Å². The zero-order valence-electron chi connectivity index (χ0n) is 12.2. The molecule has 0 spiro atoms. The van der Waals surface area contributed by atoms with Crippen molar-refractivity contribution in [3.8, 4) is 0 Å². The first kappa shape index (κ1) is 15.5. The Bertz CT molecular complexity index is 605. The number of anilines is 1. The Hall–Kier alpha value is -1.92. The van der Waals surface area contributed by atoms with Crippen LogP contribution in [-0.4, -0.2) is 21.8 Å². The van der Waals surface area contributed by atoms with E-state index >= 15 is 0 Å². The van der Waals surface area contributed by atoms with Gasteiger partial charge >= 0.3 is 6.09 Å². The third kappa shape index (κ3) is 4.54. The van der Waals surface area contributed by atoms with E-state index < -0.39 is 17.8 Å². The van der Waals surface area contributed by atoms with Crippen molar-refractivity contribution in [2.24, 2.45) is 0 Å². The van der Waals surface area contributed by atoms with E-state index in [9.17, 15) is 9.90 Å². The minimum Gasteiger partial charge on any atom is -0.444 e. The highest BCUT2D eigenvalue weighted by Gasteiger charge is 2.19. The second kappa shape index (κ2) is 6.24. The highest BCUT2D eigenvalue weighted by Crippen LogP contribution is 2.29. The van der Waals surface area contributed by atoms with E-state index in [0.29, 0.717) is 10.0 Å². The lowest BCUT2D eigenvalue weighted by Crippen LogP contribution is -2.27. The number of rotatable bonds is 3. The quantitative estimate of drug-likeness (QED) is 0.909. The Morgan fingerprint density at radius 1 is 1.33 bits per heavy atom. The molecule has 0 fully saturated rings. The first-order chi connectivity index (χ1) is 9.85. The number of ether oxygens (including phenoxy) is 1. The van der Waals surface area contributed by atoms with Crippen LogP contribution in [0.1, 0.15) is 37.3 Å². The first-order valence-corrected chi connectivity index (χ1v) is 7.35. The highest BCUT2D eigenvalue weighted by molar-refractivity contribution is 7.15. The number of hydrogen-bond acceptors (Lipinski definition) is 5. The third-order valence-electron chi connectivity index (χ3n) is 2.52. The second-order valence-corrected chi connectivity index (χ2v) is 6.57. The summed E-state index contributed by atoms with van der Waals surface area (Å²) in [4.78, 5) is 16.4. The molecule has 6 heteroatoms. The topological polar surface area (TPSA) is 71.5 Å². The first-order valence-electron chi connectivity index (χ1n) is 6.54. The van der Waals surface area contributed by atoms with Crippen molar-refractivity contribution >= 4 is 22.6 Å². The number of aliphatic hydroxyl groups is 1. The lowest BCUT2D eigenvalue weighted by molar-refractivity contribution is 0.0636. The average Bonchev–Trinajstić information content (AvgIpc) is 2.85. The standard InChI is InChI=1S/C15H18N2O3S/c1-15(2,3)20-14(19)17-13-16-9-11(21-13)12(18)10-7-5-4-6-8-10/h4-9,12,18H,1-3H3,(H,16,17,19). The Balaban J connectivity index is 2.03. The van der Waals surface area contributed by atoms with Gasteiger partial charge in [0.25, 0.3) is 0 Å². The molecule has 1 amide bonds. The fourth-order valence-electron chi connectivity index (χ4n) is 1.66. The molecule has 2 N–H and O–H groups in total. The molecule has 2 rings (SSSR count). The van der Waals surface area contributed by atoms with Crippen molar-refractivity contribution in [2.45, 2.75) is 32.5 Å². The molecule has 1 heterocycles. The molecular formula is C15H18N2O3S. The highest BCUT2D eigenvalue weighted by atomic mass is 32.1. The predicted octanol–water partition coefficient (Wildman–Crippen LogP) is 3.57. The fraction of sp³-hybridized carbons (Fsp3) is 0.333. The Labute approximate surface area is 127 Å². The molecule has 21 heavy (non-hydrogen) atoms. The molecule has 5 nitrogen and oxygen atoms in total. The lowest BCUT2D eigenvalue weighted by atomic mass is 10.1. The van der Waals surface area contributed by atoms with Crippen LogP contribution in [0.25, 0.3) is 0 Å². The summed E-state index contributed by atoms with van der Waals surface area (Å²) in [5.41, 5.74) is 0.221. The monoisotopic (exact) mass is 306 g/mol. The van der Waals surface area contributed by atoms with Gasteiger partial charge in [0.15, 0.2) is 5.13 Å². The van der Waals surface area contributed by atoms with Crippen molar-refractivity contribution in [2.75, 3.05) is 5.32 Å². The molecule has 0 aliphatic rings. The van der Waals surface area contributed by atoms with Gasteiger partial charge in [-0.15, -0.1) is 0 Å². The second-order valence-electron chi connectivity index (χ2n) is 5.51. The maximum absolute atomic E-state index is 11.6. The molecule has 1 atom stereocenters. The Morgan fingerprint density at radius 2 is 2.00 bits per heavy atom. The molecule has 2 aromatic rings. The summed E-state index contributed by atoms with van der Waals surface area (Å²) in [6.07, 6.45) is 0.241. The third-order valence-corrected chi connectivity index (χ3v) is 3.48. The van der Waals surface area contributed by atoms with Crippen LogP contribution in [0.5, 0.6) is 0 Å². The summed E-state index contributed by atoms with van der Waals surface area (Å²) in [6, 6.07) is 9.29. The van der Waals surface area contributed by atoms with Gasteiger partial charge in [0.05, 0.1) is 4.88 Å². The van der Waals surface area contributed by atoms with Gasteiger partial charge in [-0.3, -0.25) is 5.32 Å². The van der Waals surface area contributed by atoms with Crippen LogP contribution in [0.15, 0.2) is 36.5 Å². The summed E-state index contributed by atoms with van der Waals surface area (Å²) in [7, 11) is 0. The zero-order valence-corrected chi connectivity index (χ0v) is 13.0. The molecule has 112 valence electrons. The number of nitrogens with one attached hydrogen (secondary N) is 1. The zero-order chi connectivity index (χ0) is 15.5. The van der Waals surface area contributed by atoms with Crippen LogP contribution in [0.4, 0.5) is 9.93 Å². The fourth-order valence-corrected chi connectivity index (χ4v) is 2.48. The molecule has 1 unspecified atom stereocenters. The number of aromatic nitrogens is 1. The van der Waals surface area contributed by atoms with E-state index in [0.717, 1.165) is 5.56 Å². The molecule has 0 bridgehead atoms. The van der Waals surface area contributed by atoms with Crippen LogP contribution < -0.4 is 5.32 Å². The van der Waals surface area contributed by atoms with E-state index in [2.05, 4.69) is 10.3 Å². The van der Waals surface area contributed by atoms with Crippen molar-refractivity contribution in [3.63, 3.8) is 0 Å². The number of thiazole rings is 1. The SMILES string of the molecule is CC(C)(C)OC(=O)Nc1ncc(C(O)c2ccccc2)s1. The largest absolute Gasteiger partial charge is 0.444 e. The van der Waals surface area contributed by atoms with E-state index in [1.807, 2.05) is 30.3 Å². The molecule has 1 aromatic carbocycles. The number of carbonyl (C=O) groups excluding carboxylic acids is 1. The number of amides is 1. The normalized spacial score (nSPS) is 12.8. The number of nitrogens with zero attached hydrogens (tertiary/aromatic N) is 1. The Morgan fingerprint density at radius 3 is 2.62 bits per heavy atom. The summed E-state index contributed by atoms with van der Waals surface area (Å²) in [5.74, 6) is 0. The summed E-state index contributed by atoms with van der Waals surface area (Å²) >= 11 is 1.22. The molecule has 0 aliphatic heterocycles. The van der Waals surface area contributed by atoms with Gasteiger partial charge in [-0.1, -0.05) is 41.7 Å². The maximum Gasteiger partial charge on any atom is 0.413 e. The molecule has 0 saturated carbocycles. The number of carbonyl (C=O) groups is 1. The van der Waals surface area contributed by atoms with Gasteiger partial charge in [-0.25, -0.2) is 9.78 Å². The van der Waals surface area contributed by atoms with Crippen molar-refractivity contribution < 1.29 is 14.6 Å². The van der Waals surface area contributed by atoms with E-state index in [4.69, 9.17) is 4.74 Å². The van der Waals surface area contributed by atoms with E-state index in [-0.39, 0.29) is 0 Å². The van der Waals surface area contributed by atoms with Crippen LogP contribution in [0, 0.1) is 0 Å². The molecular weight excluding hydrogens is 288 g/mol. The maximum atomic E-state index is 11.6. The van der Waals surface area contributed by atoms with Crippen LogP contribution >= 0.6 is 11.3 Å². The average molecular weight is 306 g/mol. The van der Waals surface area contributed by atoms with Crippen molar-refractivity contribution in [3.05, 3.63) is 47.0 Å². The number of benzene rings is 1. The molecule has 1 aromatic heterocycles. The van der Waals surface area contributed by atoms with E-state index in [1.54, 1.807) is 27.0 Å². The van der Waals surface area contributed by atoms with E-state index in [1.165, 1.54) is 11.3 Å². The molecule has 0 radical (unpaired) electrons. The molecule has 0 aliphatic carbocycles. The van der Waals surface area contributed by atoms with Gasteiger partial charge in [0.2, 0.25) is 0 Å². The number of aliphatic hydroxyl groups excluding tert-OH is 1. The minimum atomic E-state index is -0.752. The lowest BCUT2D eigenvalue weighted by Gasteiger charge is -2.18. The van der Waals surface area contributed by atoms with Crippen molar-refractivity contribution in [1.82, 2.24) is 4.98 Å². The smallest absolute Gasteiger partial charge is 0.413 e. The van der Waals surface area contributed by atoms with Gasteiger partial charge in [-0.05, 0) is 26.3 Å². The summed E-state index contributed by atoms with van der Waals surface area (Å²) < 4.78 is 5.15. The van der Waals surface area contributed by atoms with Gasteiger partial charge < -0.3 is 9.84 Å². The Kier molecular flexibility index (Phi) is 4.59. The summed E-state index contributed by atoms with van der Waals surface area (Å²) in [5, 5.41) is 13.2. The minimum absolute atomic E-state index is 0.397. The van der Waals surface area contributed by atoms with Crippen LogP contribution in [0.3, 0.4) is 0 Å². The molecule has 0 saturated heterocycles. The van der Waals surface area contributed by atoms with Gasteiger partial charge in [0, 0.05) is 6.20 Å².